The maximum absolute atomic E-state index is 12.9. The van der Waals surface area contributed by atoms with Crippen LogP contribution in [0.15, 0.2) is 18.2 Å². The highest BCUT2D eigenvalue weighted by molar-refractivity contribution is 5.98. The molecule has 1 aliphatic heterocycles. The lowest BCUT2D eigenvalue weighted by Gasteiger charge is -2.36. The summed E-state index contributed by atoms with van der Waals surface area (Å²) >= 11 is 0. The van der Waals surface area contributed by atoms with Gasteiger partial charge in [-0.15, -0.1) is 0 Å². The Hall–Kier alpha value is -1.77. The van der Waals surface area contributed by atoms with Gasteiger partial charge in [0.2, 0.25) is 0 Å². The molecule has 0 saturated heterocycles. The third kappa shape index (κ3) is 4.08. The van der Waals surface area contributed by atoms with E-state index < -0.39 is 0 Å². The highest BCUT2D eigenvalue weighted by atomic mass is 16.1. The van der Waals surface area contributed by atoms with Crippen LogP contribution in [0, 0.1) is 12.8 Å². The van der Waals surface area contributed by atoms with Crippen molar-refractivity contribution >= 4 is 17.2 Å². The van der Waals surface area contributed by atoms with Crippen molar-refractivity contribution < 1.29 is 4.79 Å². The number of benzene rings is 1. The molecular formula is C22H32N2O. The Labute approximate surface area is 152 Å². The molecule has 1 aliphatic carbocycles. The molecule has 1 heterocycles. The van der Waals surface area contributed by atoms with E-state index in [4.69, 9.17) is 0 Å². The van der Waals surface area contributed by atoms with E-state index in [0.717, 1.165) is 30.6 Å². The topological polar surface area (TPSA) is 41.1 Å². The summed E-state index contributed by atoms with van der Waals surface area (Å²) in [6, 6.07) is 4.47. The quantitative estimate of drug-likeness (QED) is 0.611. The average Bonchev–Trinajstić information content (AvgIpc) is 2.82. The molecule has 0 radical (unpaired) electrons. The van der Waals surface area contributed by atoms with Crippen molar-refractivity contribution in [3.8, 4) is 0 Å². The number of fused-ring (bicyclic) bond motifs is 1. The second kappa shape index (κ2) is 7.23. The smallest absolute Gasteiger partial charge is 0.160 e. The SMILES string of the molecule is CNc1cc2c(cc1C)CC(C)(C)NC2=CC(=O)C1CCCCCC1. The molecule has 1 aromatic carbocycles. The van der Waals surface area contributed by atoms with E-state index in [2.05, 4.69) is 43.5 Å². The summed E-state index contributed by atoms with van der Waals surface area (Å²) in [6.45, 7) is 6.56. The zero-order chi connectivity index (χ0) is 18.0. The first kappa shape index (κ1) is 18.0. The van der Waals surface area contributed by atoms with E-state index >= 15 is 0 Å². The van der Waals surface area contributed by atoms with Crippen LogP contribution < -0.4 is 10.6 Å². The van der Waals surface area contributed by atoms with Crippen LogP contribution in [0.4, 0.5) is 5.69 Å². The number of ketones is 1. The van der Waals surface area contributed by atoms with E-state index in [1.807, 2.05) is 13.1 Å². The van der Waals surface area contributed by atoms with Crippen LogP contribution in [0.1, 0.15) is 69.1 Å². The molecule has 3 rings (SSSR count). The summed E-state index contributed by atoms with van der Waals surface area (Å²) in [7, 11) is 1.95. The van der Waals surface area contributed by atoms with Crippen molar-refractivity contribution in [3.05, 3.63) is 34.9 Å². The van der Waals surface area contributed by atoms with Gasteiger partial charge in [-0.2, -0.15) is 0 Å². The number of allylic oxidation sites excluding steroid dienone is 1. The molecule has 0 aromatic heterocycles. The number of carbonyl (C=O) groups excluding carboxylic acids is 1. The molecule has 136 valence electrons. The van der Waals surface area contributed by atoms with Gasteiger partial charge in [0.05, 0.1) is 0 Å². The van der Waals surface area contributed by atoms with Gasteiger partial charge in [0.1, 0.15) is 0 Å². The van der Waals surface area contributed by atoms with Gasteiger partial charge in [0.25, 0.3) is 0 Å². The first-order valence-corrected chi connectivity index (χ1v) is 9.75. The molecule has 25 heavy (non-hydrogen) atoms. The third-order valence-corrected chi connectivity index (χ3v) is 5.66. The fourth-order valence-corrected chi connectivity index (χ4v) is 4.32. The van der Waals surface area contributed by atoms with Crippen molar-refractivity contribution in [1.29, 1.82) is 0 Å². The zero-order valence-corrected chi connectivity index (χ0v) is 16.2. The van der Waals surface area contributed by atoms with Gasteiger partial charge < -0.3 is 10.6 Å². The van der Waals surface area contributed by atoms with Gasteiger partial charge in [0.15, 0.2) is 5.78 Å². The van der Waals surface area contributed by atoms with Crippen LogP contribution in [0.5, 0.6) is 0 Å². The predicted octanol–water partition coefficient (Wildman–Crippen LogP) is 4.84. The molecule has 0 spiro atoms. The van der Waals surface area contributed by atoms with Crippen molar-refractivity contribution in [2.75, 3.05) is 12.4 Å². The largest absolute Gasteiger partial charge is 0.388 e. The van der Waals surface area contributed by atoms with E-state index in [0.29, 0.717) is 5.78 Å². The molecule has 2 N–H and O–H groups in total. The molecular weight excluding hydrogens is 308 g/mol. The first-order valence-electron chi connectivity index (χ1n) is 9.75. The first-order chi connectivity index (χ1) is 11.9. The van der Waals surface area contributed by atoms with Crippen LogP contribution in [-0.4, -0.2) is 18.4 Å². The lowest BCUT2D eigenvalue weighted by molar-refractivity contribution is -0.118. The maximum Gasteiger partial charge on any atom is 0.160 e. The molecule has 0 unspecified atom stereocenters. The van der Waals surface area contributed by atoms with E-state index in [1.54, 1.807) is 0 Å². The Morgan fingerprint density at radius 1 is 1.20 bits per heavy atom. The molecule has 0 amide bonds. The zero-order valence-electron chi connectivity index (χ0n) is 16.2. The van der Waals surface area contributed by atoms with Crippen LogP contribution in [0.3, 0.4) is 0 Å². The summed E-state index contributed by atoms with van der Waals surface area (Å²) in [6.07, 6.45) is 9.91. The van der Waals surface area contributed by atoms with Gasteiger partial charge in [-0.25, -0.2) is 0 Å². The van der Waals surface area contributed by atoms with Crippen LogP contribution in [0.25, 0.3) is 5.70 Å². The number of aryl methyl sites for hydroxylation is 1. The van der Waals surface area contributed by atoms with Crippen LogP contribution in [0.2, 0.25) is 0 Å². The van der Waals surface area contributed by atoms with Crippen molar-refractivity contribution in [2.24, 2.45) is 5.92 Å². The molecule has 0 bridgehead atoms. The Bertz CT molecular complexity index is 680. The second-order valence-electron chi connectivity index (χ2n) is 8.41. The molecule has 1 fully saturated rings. The van der Waals surface area contributed by atoms with E-state index in [1.165, 1.54) is 42.4 Å². The van der Waals surface area contributed by atoms with Crippen molar-refractivity contribution in [2.45, 2.75) is 71.3 Å². The lowest BCUT2D eigenvalue weighted by atomic mass is 9.83. The highest BCUT2D eigenvalue weighted by Gasteiger charge is 2.29. The molecule has 2 aliphatic rings. The number of nitrogens with one attached hydrogen (secondary N) is 2. The van der Waals surface area contributed by atoms with Crippen molar-refractivity contribution in [1.82, 2.24) is 5.32 Å². The minimum absolute atomic E-state index is 0.0316. The minimum Gasteiger partial charge on any atom is -0.388 e. The molecule has 3 nitrogen and oxygen atoms in total. The average molecular weight is 341 g/mol. The Balaban J connectivity index is 1.96. The summed E-state index contributed by atoms with van der Waals surface area (Å²) in [5.41, 5.74) is 5.87. The van der Waals surface area contributed by atoms with E-state index in [-0.39, 0.29) is 11.5 Å². The Kier molecular flexibility index (Phi) is 5.21. The molecule has 1 aromatic rings. The summed E-state index contributed by atoms with van der Waals surface area (Å²) in [5, 5.41) is 6.89. The van der Waals surface area contributed by atoms with Crippen molar-refractivity contribution in [3.63, 3.8) is 0 Å². The lowest BCUT2D eigenvalue weighted by Crippen LogP contribution is -2.44. The van der Waals surface area contributed by atoms with Crippen LogP contribution in [-0.2, 0) is 11.2 Å². The van der Waals surface area contributed by atoms with Gasteiger partial charge in [0, 0.05) is 41.5 Å². The molecule has 3 heteroatoms. The summed E-state index contributed by atoms with van der Waals surface area (Å²) in [5.74, 6) is 0.513. The minimum atomic E-state index is -0.0316. The number of hydrogen-bond donors (Lipinski definition) is 2. The Morgan fingerprint density at radius 3 is 2.52 bits per heavy atom. The third-order valence-electron chi connectivity index (χ3n) is 5.66. The summed E-state index contributed by atoms with van der Waals surface area (Å²) in [4.78, 5) is 12.9. The number of hydrogen-bond acceptors (Lipinski definition) is 3. The van der Waals surface area contributed by atoms with Gasteiger partial charge in [-0.3, -0.25) is 4.79 Å². The normalized spacial score (nSPS) is 22.0. The monoisotopic (exact) mass is 340 g/mol. The highest BCUT2D eigenvalue weighted by Crippen LogP contribution is 2.34. The predicted molar refractivity (Wildman–Crippen MR) is 106 cm³/mol. The van der Waals surface area contributed by atoms with Gasteiger partial charge in [-0.05, 0) is 57.2 Å². The summed E-state index contributed by atoms with van der Waals surface area (Å²) < 4.78 is 0. The fourth-order valence-electron chi connectivity index (χ4n) is 4.32. The standard InChI is InChI=1S/C22H32N2O/c1-15-11-17-14-22(2,3)24-20(18(17)12-19(15)23-4)13-21(25)16-9-7-5-6-8-10-16/h11-13,16,23-24H,5-10,14H2,1-4H3. The molecule has 1 saturated carbocycles. The second-order valence-corrected chi connectivity index (χ2v) is 8.41. The van der Waals surface area contributed by atoms with Gasteiger partial charge >= 0.3 is 0 Å². The number of rotatable bonds is 3. The fraction of sp³-hybridized carbons (Fsp3) is 0.591. The van der Waals surface area contributed by atoms with E-state index in [9.17, 15) is 4.79 Å². The number of carbonyl (C=O) groups is 1. The van der Waals surface area contributed by atoms with Gasteiger partial charge in [-0.1, -0.05) is 31.7 Å². The maximum atomic E-state index is 12.9. The van der Waals surface area contributed by atoms with Crippen LogP contribution >= 0.6 is 0 Å². The molecule has 0 atom stereocenters. The number of anilines is 1. The Morgan fingerprint density at radius 2 is 1.88 bits per heavy atom.